The molecule has 0 aliphatic carbocycles. The fraction of sp³-hybridized carbons (Fsp3) is 0.286. The molecule has 11 heteroatoms. The number of hydrogen-bond acceptors (Lipinski definition) is 6. The van der Waals surface area contributed by atoms with Gasteiger partial charge in [-0.05, 0) is 32.0 Å². The Hall–Kier alpha value is -2.14. The van der Waals surface area contributed by atoms with Gasteiger partial charge in [-0.25, -0.2) is 18.2 Å². The first-order chi connectivity index (χ1) is 11.5. The summed E-state index contributed by atoms with van der Waals surface area (Å²) < 4.78 is 69.6. The van der Waals surface area contributed by atoms with Crippen LogP contribution in [0.2, 0.25) is 0 Å². The van der Waals surface area contributed by atoms with Gasteiger partial charge in [0.1, 0.15) is 4.88 Å². The molecule has 6 nitrogen and oxygen atoms in total. The summed E-state index contributed by atoms with van der Waals surface area (Å²) in [6.45, 7) is 3.25. The zero-order chi connectivity index (χ0) is 18.8. The summed E-state index contributed by atoms with van der Waals surface area (Å²) in [7, 11) is -4.29. The number of nitrogens with one attached hydrogen (secondary N) is 1. The number of aromatic nitrogens is 1. The number of esters is 1. The van der Waals surface area contributed by atoms with Crippen LogP contribution in [0.5, 0.6) is 0 Å². The summed E-state index contributed by atoms with van der Waals surface area (Å²) in [5.74, 6) is -0.651. The largest absolute Gasteiger partial charge is 0.462 e. The fourth-order valence-corrected chi connectivity index (χ4v) is 3.98. The SMILES string of the molecule is CCOC(=O)c1sc(NS(=O)(=O)c2cccc(C(F)(F)F)c2)nc1C. The number of carbonyl (C=O) groups is 1. The quantitative estimate of drug-likeness (QED) is 0.785. The van der Waals surface area contributed by atoms with Gasteiger partial charge in [0.15, 0.2) is 5.13 Å². The molecule has 0 bridgehead atoms. The highest BCUT2D eigenvalue weighted by molar-refractivity contribution is 7.93. The van der Waals surface area contributed by atoms with Crippen molar-refractivity contribution < 1.29 is 31.1 Å². The van der Waals surface area contributed by atoms with E-state index in [1.807, 2.05) is 0 Å². The molecule has 0 atom stereocenters. The van der Waals surface area contributed by atoms with Crippen LogP contribution in [0, 0.1) is 6.92 Å². The van der Waals surface area contributed by atoms with Crippen molar-refractivity contribution in [2.24, 2.45) is 0 Å². The second kappa shape index (κ2) is 7.00. The number of nitrogens with zero attached hydrogens (tertiary/aromatic N) is 1. The summed E-state index contributed by atoms with van der Waals surface area (Å²) in [6.07, 6.45) is -4.67. The van der Waals surface area contributed by atoms with Crippen LogP contribution in [-0.2, 0) is 20.9 Å². The second-order valence-electron chi connectivity index (χ2n) is 4.79. The Kier molecular flexibility index (Phi) is 5.37. The number of hydrogen-bond donors (Lipinski definition) is 1. The third-order valence-corrected chi connectivity index (χ3v) is 5.47. The maximum atomic E-state index is 12.7. The van der Waals surface area contributed by atoms with Crippen molar-refractivity contribution in [3.63, 3.8) is 0 Å². The molecule has 25 heavy (non-hydrogen) atoms. The number of anilines is 1. The van der Waals surface area contributed by atoms with Crippen molar-refractivity contribution in [1.29, 1.82) is 0 Å². The molecule has 1 aromatic carbocycles. The summed E-state index contributed by atoms with van der Waals surface area (Å²) in [5, 5.41) is -0.141. The molecule has 1 heterocycles. The zero-order valence-corrected chi connectivity index (χ0v) is 14.7. The van der Waals surface area contributed by atoms with E-state index in [4.69, 9.17) is 4.74 Å². The Labute approximate surface area is 145 Å². The molecule has 0 unspecified atom stereocenters. The molecule has 0 saturated heterocycles. The van der Waals surface area contributed by atoms with E-state index >= 15 is 0 Å². The second-order valence-corrected chi connectivity index (χ2v) is 7.47. The van der Waals surface area contributed by atoms with Gasteiger partial charge in [0.05, 0.1) is 22.8 Å². The number of alkyl halides is 3. The van der Waals surface area contributed by atoms with E-state index in [9.17, 15) is 26.4 Å². The number of carbonyl (C=O) groups excluding carboxylic acids is 1. The van der Waals surface area contributed by atoms with Crippen LogP contribution in [-0.4, -0.2) is 26.0 Å². The van der Waals surface area contributed by atoms with E-state index in [1.54, 1.807) is 6.92 Å². The molecule has 0 fully saturated rings. The number of halogens is 3. The molecule has 2 aromatic rings. The van der Waals surface area contributed by atoms with Crippen LogP contribution >= 0.6 is 11.3 Å². The summed E-state index contributed by atoms with van der Waals surface area (Å²) in [4.78, 5) is 15.2. The van der Waals surface area contributed by atoms with Gasteiger partial charge in [-0.1, -0.05) is 17.4 Å². The van der Waals surface area contributed by atoms with E-state index in [1.165, 1.54) is 6.92 Å². The van der Waals surface area contributed by atoms with Gasteiger partial charge >= 0.3 is 12.1 Å². The van der Waals surface area contributed by atoms with Crippen LogP contribution in [0.15, 0.2) is 29.2 Å². The number of thiazole rings is 1. The van der Waals surface area contributed by atoms with Crippen LogP contribution in [0.4, 0.5) is 18.3 Å². The molecule has 0 saturated carbocycles. The Morgan fingerprint density at radius 3 is 2.64 bits per heavy atom. The molecule has 0 radical (unpaired) electrons. The standard InChI is InChI=1S/C14H13F3N2O4S2/c1-3-23-12(20)11-8(2)18-13(24-11)19-25(21,22)10-6-4-5-9(7-10)14(15,16)17/h4-7H,3H2,1-2H3,(H,18,19). The van der Waals surface area contributed by atoms with Gasteiger partial charge in [0.2, 0.25) is 0 Å². The number of benzene rings is 1. The Morgan fingerprint density at radius 2 is 2.04 bits per heavy atom. The van der Waals surface area contributed by atoms with Gasteiger partial charge in [0, 0.05) is 0 Å². The first-order valence-corrected chi connectivity index (χ1v) is 9.19. The van der Waals surface area contributed by atoms with E-state index in [-0.39, 0.29) is 22.3 Å². The van der Waals surface area contributed by atoms with E-state index in [2.05, 4.69) is 9.71 Å². The van der Waals surface area contributed by atoms with Crippen molar-refractivity contribution >= 4 is 32.5 Å². The molecule has 0 spiro atoms. The first-order valence-electron chi connectivity index (χ1n) is 6.89. The zero-order valence-electron chi connectivity index (χ0n) is 13.0. The van der Waals surface area contributed by atoms with E-state index < -0.39 is 32.6 Å². The lowest BCUT2D eigenvalue weighted by Crippen LogP contribution is -2.14. The molecule has 0 amide bonds. The Morgan fingerprint density at radius 1 is 1.36 bits per heavy atom. The molecular weight excluding hydrogens is 381 g/mol. The lowest BCUT2D eigenvalue weighted by molar-refractivity contribution is -0.137. The highest BCUT2D eigenvalue weighted by atomic mass is 32.2. The summed E-state index contributed by atoms with van der Waals surface area (Å²) >= 11 is 0.741. The number of sulfonamides is 1. The average molecular weight is 394 g/mol. The molecule has 1 aromatic heterocycles. The topological polar surface area (TPSA) is 85.4 Å². The monoisotopic (exact) mass is 394 g/mol. The molecule has 0 aliphatic heterocycles. The molecule has 1 N–H and O–H groups in total. The summed E-state index contributed by atoms with van der Waals surface area (Å²) in [5.41, 5.74) is -0.830. The third-order valence-electron chi connectivity index (χ3n) is 2.95. The summed E-state index contributed by atoms with van der Waals surface area (Å²) in [6, 6.07) is 3.32. The lowest BCUT2D eigenvalue weighted by Gasteiger charge is -2.09. The minimum absolute atomic E-state index is 0.114. The smallest absolute Gasteiger partial charge is 0.416 e. The number of aryl methyl sites for hydroxylation is 1. The maximum Gasteiger partial charge on any atom is 0.416 e. The Bertz CT molecular complexity index is 892. The first kappa shape index (κ1) is 19.2. The van der Waals surface area contributed by atoms with Crippen molar-refractivity contribution in [1.82, 2.24) is 4.98 Å². The molecule has 2 rings (SSSR count). The van der Waals surface area contributed by atoms with Gasteiger partial charge in [0.25, 0.3) is 10.0 Å². The van der Waals surface area contributed by atoms with Crippen molar-refractivity contribution in [2.45, 2.75) is 24.9 Å². The third kappa shape index (κ3) is 4.48. The van der Waals surface area contributed by atoms with Crippen molar-refractivity contribution in [2.75, 3.05) is 11.3 Å². The van der Waals surface area contributed by atoms with Gasteiger partial charge in [-0.3, -0.25) is 4.72 Å². The van der Waals surface area contributed by atoms with Crippen LogP contribution in [0.1, 0.15) is 27.9 Å². The number of ether oxygens (including phenoxy) is 1. The normalized spacial score (nSPS) is 12.0. The minimum atomic E-state index is -4.67. The van der Waals surface area contributed by atoms with E-state index in [0.29, 0.717) is 6.07 Å². The highest BCUT2D eigenvalue weighted by Crippen LogP contribution is 2.31. The van der Waals surface area contributed by atoms with Crippen molar-refractivity contribution in [3.8, 4) is 0 Å². The predicted octanol–water partition coefficient (Wildman–Crippen LogP) is 3.45. The van der Waals surface area contributed by atoms with Crippen LogP contribution in [0.25, 0.3) is 0 Å². The maximum absolute atomic E-state index is 12.7. The highest BCUT2D eigenvalue weighted by Gasteiger charge is 2.32. The fourth-order valence-electron chi connectivity index (χ4n) is 1.84. The van der Waals surface area contributed by atoms with Gasteiger partial charge in [-0.2, -0.15) is 13.2 Å². The van der Waals surface area contributed by atoms with Crippen molar-refractivity contribution in [3.05, 3.63) is 40.4 Å². The molecule has 136 valence electrons. The minimum Gasteiger partial charge on any atom is -0.462 e. The van der Waals surface area contributed by atoms with Gasteiger partial charge in [-0.15, -0.1) is 0 Å². The predicted molar refractivity (Wildman–Crippen MR) is 85.1 cm³/mol. The average Bonchev–Trinajstić information content (AvgIpc) is 2.86. The van der Waals surface area contributed by atoms with Crippen LogP contribution in [0.3, 0.4) is 0 Å². The van der Waals surface area contributed by atoms with E-state index in [0.717, 1.165) is 29.5 Å². The van der Waals surface area contributed by atoms with Gasteiger partial charge < -0.3 is 4.74 Å². The number of rotatable bonds is 5. The molecule has 0 aliphatic rings. The Balaban J connectivity index is 2.31. The lowest BCUT2D eigenvalue weighted by atomic mass is 10.2. The van der Waals surface area contributed by atoms with Crippen LogP contribution < -0.4 is 4.72 Å². The molecular formula is C14H13F3N2O4S2.